The molecule has 10 nitrogen and oxygen atoms in total. The monoisotopic (exact) mass is 470 g/mol. The molecule has 0 bridgehead atoms. The third kappa shape index (κ3) is 4.11. The van der Waals surface area contributed by atoms with Gasteiger partial charge in [-0.2, -0.15) is 0 Å². The lowest BCUT2D eigenvalue weighted by molar-refractivity contribution is -0.128. The van der Waals surface area contributed by atoms with Gasteiger partial charge in [0.15, 0.2) is 23.1 Å². The van der Waals surface area contributed by atoms with Crippen molar-refractivity contribution in [2.45, 2.75) is 25.7 Å². The Kier molecular flexibility index (Phi) is 5.72. The molecule has 12 heteroatoms. The SMILES string of the molecule is Nc1nn2cc(F)cnc2c1C(=O)Nc1cncc(F)c1N1CCC(CN2CCCC2=O)CC1. The maximum Gasteiger partial charge on any atom is 0.263 e. The van der Waals surface area contributed by atoms with Crippen molar-refractivity contribution < 1.29 is 18.4 Å². The summed E-state index contributed by atoms with van der Waals surface area (Å²) in [5, 5.41) is 6.60. The Hall–Kier alpha value is -3.83. The van der Waals surface area contributed by atoms with Crippen molar-refractivity contribution in [2.75, 3.05) is 42.1 Å². The van der Waals surface area contributed by atoms with Crippen LogP contribution in [0.3, 0.4) is 0 Å². The number of hydrogen-bond acceptors (Lipinski definition) is 7. The summed E-state index contributed by atoms with van der Waals surface area (Å²) in [6.07, 6.45) is 7.63. The zero-order chi connectivity index (χ0) is 23.8. The molecular weight excluding hydrogens is 446 g/mol. The van der Waals surface area contributed by atoms with Crippen molar-refractivity contribution in [3.8, 4) is 0 Å². The number of aromatic nitrogens is 4. The van der Waals surface area contributed by atoms with Crippen molar-refractivity contribution in [3.05, 3.63) is 42.0 Å². The highest BCUT2D eigenvalue weighted by molar-refractivity contribution is 6.12. The third-order valence-corrected chi connectivity index (χ3v) is 6.40. The molecule has 5 heterocycles. The van der Waals surface area contributed by atoms with Crippen LogP contribution in [-0.4, -0.2) is 62.5 Å². The first-order valence-corrected chi connectivity index (χ1v) is 11.2. The topological polar surface area (TPSA) is 122 Å². The fourth-order valence-electron chi connectivity index (χ4n) is 4.72. The van der Waals surface area contributed by atoms with Gasteiger partial charge in [0.25, 0.3) is 5.91 Å². The first kappa shape index (κ1) is 22.0. The number of hydrogen-bond donors (Lipinski definition) is 2. The maximum absolute atomic E-state index is 14.9. The number of pyridine rings is 1. The van der Waals surface area contributed by atoms with E-state index < -0.39 is 17.5 Å². The van der Waals surface area contributed by atoms with Gasteiger partial charge in [0.05, 0.1) is 30.5 Å². The molecule has 5 rings (SSSR count). The quantitative estimate of drug-likeness (QED) is 0.585. The van der Waals surface area contributed by atoms with Gasteiger partial charge >= 0.3 is 0 Å². The molecule has 2 fully saturated rings. The van der Waals surface area contributed by atoms with Crippen molar-refractivity contribution in [1.29, 1.82) is 0 Å². The minimum absolute atomic E-state index is 0.0378. The van der Waals surface area contributed by atoms with Gasteiger partial charge in [0.1, 0.15) is 11.3 Å². The molecule has 0 unspecified atom stereocenters. The van der Waals surface area contributed by atoms with Crippen LogP contribution in [0, 0.1) is 17.6 Å². The van der Waals surface area contributed by atoms with Gasteiger partial charge in [-0.25, -0.2) is 18.3 Å². The molecular formula is C22H24F2N8O2. The number of halogens is 2. The lowest BCUT2D eigenvalue weighted by Crippen LogP contribution is -2.39. The molecule has 0 radical (unpaired) electrons. The van der Waals surface area contributed by atoms with Crippen LogP contribution < -0.4 is 16.0 Å². The zero-order valence-electron chi connectivity index (χ0n) is 18.4. The summed E-state index contributed by atoms with van der Waals surface area (Å²) in [6.45, 7) is 2.70. The number of amides is 2. The molecule has 2 amide bonds. The van der Waals surface area contributed by atoms with Crippen molar-refractivity contribution in [2.24, 2.45) is 5.92 Å². The first-order valence-electron chi connectivity index (χ1n) is 11.2. The van der Waals surface area contributed by atoms with Crippen LogP contribution in [0.15, 0.2) is 24.8 Å². The Morgan fingerprint density at radius 2 is 1.97 bits per heavy atom. The van der Waals surface area contributed by atoms with E-state index in [0.29, 0.717) is 25.4 Å². The highest BCUT2D eigenvalue weighted by Gasteiger charge is 2.29. The fourth-order valence-corrected chi connectivity index (χ4v) is 4.72. The molecule has 34 heavy (non-hydrogen) atoms. The molecule has 0 spiro atoms. The number of fused-ring (bicyclic) bond motifs is 1. The maximum atomic E-state index is 14.9. The number of carbonyl (C=O) groups is 2. The molecule has 2 saturated heterocycles. The second-order valence-electron chi connectivity index (χ2n) is 8.65. The molecule has 0 saturated carbocycles. The van der Waals surface area contributed by atoms with Gasteiger partial charge in [0.2, 0.25) is 5.91 Å². The van der Waals surface area contributed by atoms with E-state index in [1.807, 2.05) is 9.80 Å². The smallest absolute Gasteiger partial charge is 0.263 e. The van der Waals surface area contributed by atoms with Gasteiger partial charge in [-0.3, -0.25) is 14.6 Å². The predicted molar refractivity (Wildman–Crippen MR) is 120 cm³/mol. The Labute approximate surface area is 193 Å². The Balaban J connectivity index is 1.33. The van der Waals surface area contributed by atoms with Crippen molar-refractivity contribution in [3.63, 3.8) is 0 Å². The van der Waals surface area contributed by atoms with Crippen LogP contribution in [0.1, 0.15) is 36.0 Å². The lowest BCUT2D eigenvalue weighted by atomic mass is 9.95. The number of piperidine rings is 1. The minimum Gasteiger partial charge on any atom is -0.381 e. The van der Waals surface area contributed by atoms with Gasteiger partial charge in [-0.15, -0.1) is 5.10 Å². The normalized spacial score (nSPS) is 17.1. The molecule has 2 aliphatic rings. The minimum atomic E-state index is -0.650. The molecule has 3 aromatic rings. The summed E-state index contributed by atoms with van der Waals surface area (Å²) in [5.74, 6) is -1.40. The molecule has 2 aliphatic heterocycles. The van der Waals surface area contributed by atoms with Gasteiger partial charge in [-0.05, 0) is 25.2 Å². The van der Waals surface area contributed by atoms with Gasteiger partial charge in [-0.1, -0.05) is 0 Å². The highest BCUT2D eigenvalue weighted by Crippen LogP contribution is 2.33. The average Bonchev–Trinajstić information content (AvgIpc) is 3.35. The van der Waals surface area contributed by atoms with Crippen LogP contribution in [0.25, 0.3) is 5.65 Å². The van der Waals surface area contributed by atoms with Crippen LogP contribution in [0.5, 0.6) is 0 Å². The van der Waals surface area contributed by atoms with E-state index in [2.05, 4.69) is 20.4 Å². The number of anilines is 3. The number of likely N-dealkylation sites (tertiary alicyclic amines) is 1. The second kappa shape index (κ2) is 8.84. The molecule has 0 atom stereocenters. The molecule has 178 valence electrons. The highest BCUT2D eigenvalue weighted by atomic mass is 19.1. The molecule has 0 aromatic carbocycles. The predicted octanol–water partition coefficient (Wildman–Crippen LogP) is 2.08. The molecule has 3 N–H and O–H groups in total. The van der Waals surface area contributed by atoms with Gasteiger partial charge in [0, 0.05) is 32.6 Å². The van der Waals surface area contributed by atoms with E-state index in [1.54, 1.807) is 0 Å². The Morgan fingerprint density at radius 3 is 2.71 bits per heavy atom. The van der Waals surface area contributed by atoms with Crippen molar-refractivity contribution in [1.82, 2.24) is 24.5 Å². The lowest BCUT2D eigenvalue weighted by Gasteiger charge is -2.36. The number of nitrogens with two attached hydrogens (primary N) is 1. The number of carbonyl (C=O) groups excluding carboxylic acids is 2. The zero-order valence-corrected chi connectivity index (χ0v) is 18.4. The summed E-state index contributed by atoms with van der Waals surface area (Å²) in [4.78, 5) is 36.5. The van der Waals surface area contributed by atoms with E-state index in [-0.39, 0.29) is 34.3 Å². The molecule has 3 aromatic heterocycles. The molecule has 0 aliphatic carbocycles. The Morgan fingerprint density at radius 1 is 1.18 bits per heavy atom. The summed E-state index contributed by atoms with van der Waals surface area (Å²) >= 11 is 0. The summed E-state index contributed by atoms with van der Waals surface area (Å²) in [7, 11) is 0. The Bertz CT molecular complexity index is 1260. The average molecular weight is 470 g/mol. The van der Waals surface area contributed by atoms with Crippen LogP contribution in [0.2, 0.25) is 0 Å². The number of rotatable bonds is 5. The van der Waals surface area contributed by atoms with E-state index in [0.717, 1.165) is 55.5 Å². The van der Waals surface area contributed by atoms with Crippen LogP contribution in [0.4, 0.5) is 26.0 Å². The largest absolute Gasteiger partial charge is 0.381 e. The standard InChI is InChI=1S/C22H24F2N8O2/c23-14-8-27-21-18(20(25)29-32(21)12-14)22(34)28-16-10-26-9-15(24)19(16)30-6-3-13(4-7-30)11-31-5-1-2-17(31)33/h8-10,12-13H,1-7,11H2,(H2,25,29)(H,28,34). The van der Waals surface area contributed by atoms with Crippen molar-refractivity contribution >= 4 is 34.7 Å². The van der Waals surface area contributed by atoms with E-state index in [9.17, 15) is 18.4 Å². The third-order valence-electron chi connectivity index (χ3n) is 6.40. The first-order chi connectivity index (χ1) is 16.4. The number of nitrogens with zero attached hydrogens (tertiary/aromatic N) is 6. The van der Waals surface area contributed by atoms with Crippen LogP contribution in [-0.2, 0) is 4.79 Å². The number of nitrogen functional groups attached to an aromatic ring is 1. The van der Waals surface area contributed by atoms with Gasteiger partial charge < -0.3 is 20.9 Å². The summed E-state index contributed by atoms with van der Waals surface area (Å²) in [6, 6.07) is 0. The van der Waals surface area contributed by atoms with Crippen LogP contribution >= 0.6 is 0 Å². The second-order valence-corrected chi connectivity index (χ2v) is 8.65. The van der Waals surface area contributed by atoms with E-state index >= 15 is 0 Å². The summed E-state index contributed by atoms with van der Waals surface area (Å²) < 4.78 is 29.4. The van der Waals surface area contributed by atoms with E-state index in [4.69, 9.17) is 5.73 Å². The number of nitrogens with one attached hydrogen (secondary N) is 1. The fraction of sp³-hybridized carbons (Fsp3) is 0.409. The summed E-state index contributed by atoms with van der Waals surface area (Å²) in [5.41, 5.74) is 6.36. The van der Waals surface area contributed by atoms with E-state index in [1.165, 1.54) is 6.20 Å².